The molecule has 0 aliphatic heterocycles. The average molecular weight is 222 g/mol. The monoisotopic (exact) mass is 222 g/mol. The van der Waals surface area contributed by atoms with Crippen molar-refractivity contribution in [2.24, 2.45) is 5.92 Å². The molecule has 4 nitrogen and oxygen atoms in total. The van der Waals surface area contributed by atoms with Gasteiger partial charge in [-0.3, -0.25) is 4.79 Å². The van der Waals surface area contributed by atoms with Crippen LogP contribution >= 0.6 is 0 Å². The molecule has 2 atom stereocenters. The molecule has 16 heavy (non-hydrogen) atoms. The molecule has 1 unspecified atom stereocenters. The SMILES string of the molecule is CCC(C)[C@H](CC(=O)O)Nc1ccccn1. The fourth-order valence-electron chi connectivity index (χ4n) is 1.51. The van der Waals surface area contributed by atoms with Crippen LogP contribution in [0.4, 0.5) is 5.82 Å². The van der Waals surface area contributed by atoms with Crippen LogP contribution in [0.25, 0.3) is 0 Å². The lowest BCUT2D eigenvalue weighted by atomic mass is 9.96. The maximum absolute atomic E-state index is 10.8. The van der Waals surface area contributed by atoms with E-state index in [1.165, 1.54) is 0 Å². The van der Waals surface area contributed by atoms with E-state index in [0.29, 0.717) is 5.92 Å². The minimum atomic E-state index is -0.784. The highest BCUT2D eigenvalue weighted by Crippen LogP contribution is 2.16. The van der Waals surface area contributed by atoms with E-state index in [2.05, 4.69) is 17.2 Å². The minimum Gasteiger partial charge on any atom is -0.481 e. The zero-order valence-electron chi connectivity index (χ0n) is 9.68. The van der Waals surface area contributed by atoms with Crippen LogP contribution in [0.15, 0.2) is 24.4 Å². The van der Waals surface area contributed by atoms with E-state index in [1.54, 1.807) is 6.20 Å². The Morgan fingerprint density at radius 3 is 2.81 bits per heavy atom. The quantitative estimate of drug-likeness (QED) is 0.775. The molecule has 0 saturated heterocycles. The lowest BCUT2D eigenvalue weighted by Gasteiger charge is -2.23. The van der Waals surface area contributed by atoms with E-state index in [1.807, 2.05) is 25.1 Å². The van der Waals surface area contributed by atoms with Crippen molar-refractivity contribution in [2.75, 3.05) is 5.32 Å². The summed E-state index contributed by atoms with van der Waals surface area (Å²) >= 11 is 0. The number of nitrogens with one attached hydrogen (secondary N) is 1. The van der Waals surface area contributed by atoms with Crippen molar-refractivity contribution < 1.29 is 9.90 Å². The largest absolute Gasteiger partial charge is 0.481 e. The van der Waals surface area contributed by atoms with E-state index in [4.69, 9.17) is 5.11 Å². The lowest BCUT2D eigenvalue weighted by Crippen LogP contribution is -2.30. The van der Waals surface area contributed by atoms with Crippen molar-refractivity contribution in [2.45, 2.75) is 32.7 Å². The van der Waals surface area contributed by atoms with Gasteiger partial charge in [0, 0.05) is 12.2 Å². The van der Waals surface area contributed by atoms with Crippen molar-refractivity contribution >= 4 is 11.8 Å². The van der Waals surface area contributed by atoms with Gasteiger partial charge in [-0.1, -0.05) is 26.3 Å². The average Bonchev–Trinajstić information content (AvgIpc) is 2.28. The Hall–Kier alpha value is -1.58. The van der Waals surface area contributed by atoms with Crippen molar-refractivity contribution in [1.29, 1.82) is 0 Å². The molecular formula is C12H18N2O2. The minimum absolute atomic E-state index is 0.0719. The molecule has 88 valence electrons. The van der Waals surface area contributed by atoms with Gasteiger partial charge in [-0.25, -0.2) is 4.98 Å². The first-order valence-electron chi connectivity index (χ1n) is 5.52. The Morgan fingerprint density at radius 2 is 2.31 bits per heavy atom. The molecule has 0 aliphatic carbocycles. The molecule has 1 heterocycles. The Balaban J connectivity index is 2.67. The van der Waals surface area contributed by atoms with Crippen molar-refractivity contribution in [3.63, 3.8) is 0 Å². The number of nitrogens with zero attached hydrogens (tertiary/aromatic N) is 1. The predicted octanol–water partition coefficient (Wildman–Crippen LogP) is 2.38. The second-order valence-corrected chi connectivity index (χ2v) is 3.95. The molecule has 0 amide bonds. The molecule has 0 aromatic carbocycles. The molecule has 1 aromatic rings. The number of aliphatic carboxylic acids is 1. The van der Waals surface area contributed by atoms with Crippen LogP contribution in [0.1, 0.15) is 26.7 Å². The Labute approximate surface area is 95.7 Å². The molecule has 0 bridgehead atoms. The summed E-state index contributed by atoms with van der Waals surface area (Å²) in [6.07, 6.45) is 2.75. The van der Waals surface area contributed by atoms with Crippen LogP contribution in [0, 0.1) is 5.92 Å². The maximum Gasteiger partial charge on any atom is 0.305 e. The second-order valence-electron chi connectivity index (χ2n) is 3.95. The standard InChI is InChI=1S/C12H18N2O2/c1-3-9(2)10(8-12(15)16)14-11-6-4-5-7-13-11/h4-7,9-10H,3,8H2,1-2H3,(H,13,14)(H,15,16)/t9?,10-/m0/s1. The van der Waals surface area contributed by atoms with Gasteiger partial charge < -0.3 is 10.4 Å². The lowest BCUT2D eigenvalue weighted by molar-refractivity contribution is -0.137. The van der Waals surface area contributed by atoms with Gasteiger partial charge in [0.2, 0.25) is 0 Å². The topological polar surface area (TPSA) is 62.2 Å². The van der Waals surface area contributed by atoms with Gasteiger partial charge >= 0.3 is 5.97 Å². The summed E-state index contributed by atoms with van der Waals surface area (Å²) in [4.78, 5) is 14.9. The van der Waals surface area contributed by atoms with Gasteiger partial charge in [-0.2, -0.15) is 0 Å². The van der Waals surface area contributed by atoms with Gasteiger partial charge in [-0.05, 0) is 18.1 Å². The van der Waals surface area contributed by atoms with E-state index in [0.717, 1.165) is 12.2 Å². The summed E-state index contributed by atoms with van der Waals surface area (Å²) in [6.45, 7) is 4.10. The molecule has 0 aliphatic rings. The molecule has 0 saturated carbocycles. The number of carboxylic acids is 1. The first-order chi connectivity index (χ1) is 7.63. The summed E-state index contributed by atoms with van der Waals surface area (Å²) in [5.74, 6) is 0.251. The fraction of sp³-hybridized carbons (Fsp3) is 0.500. The van der Waals surface area contributed by atoms with Gasteiger partial charge in [0.25, 0.3) is 0 Å². The molecule has 1 aromatic heterocycles. The number of rotatable bonds is 6. The third kappa shape index (κ3) is 3.88. The van der Waals surface area contributed by atoms with E-state index in [9.17, 15) is 4.79 Å². The third-order valence-corrected chi connectivity index (χ3v) is 2.72. The summed E-state index contributed by atoms with van der Waals surface area (Å²) in [7, 11) is 0. The molecule has 0 fully saturated rings. The number of carbonyl (C=O) groups is 1. The summed E-state index contributed by atoms with van der Waals surface area (Å²) < 4.78 is 0. The third-order valence-electron chi connectivity index (χ3n) is 2.72. The molecule has 4 heteroatoms. The number of hydrogen-bond acceptors (Lipinski definition) is 3. The smallest absolute Gasteiger partial charge is 0.305 e. The van der Waals surface area contributed by atoms with Gasteiger partial charge in [0.05, 0.1) is 6.42 Å². The molecule has 1 rings (SSSR count). The van der Waals surface area contributed by atoms with Crippen LogP contribution < -0.4 is 5.32 Å². The van der Waals surface area contributed by atoms with Crippen LogP contribution in [-0.2, 0) is 4.79 Å². The molecule has 0 spiro atoms. The first-order valence-corrected chi connectivity index (χ1v) is 5.52. The van der Waals surface area contributed by atoms with Crippen LogP contribution in [0.5, 0.6) is 0 Å². The van der Waals surface area contributed by atoms with Crippen LogP contribution in [0.2, 0.25) is 0 Å². The highest BCUT2D eigenvalue weighted by atomic mass is 16.4. The second kappa shape index (κ2) is 6.10. The van der Waals surface area contributed by atoms with Crippen molar-refractivity contribution in [3.8, 4) is 0 Å². The highest BCUT2D eigenvalue weighted by Gasteiger charge is 2.19. The van der Waals surface area contributed by atoms with Gasteiger partial charge in [0.15, 0.2) is 0 Å². The fourth-order valence-corrected chi connectivity index (χ4v) is 1.51. The first kappa shape index (κ1) is 12.5. The normalized spacial score (nSPS) is 14.1. The van der Waals surface area contributed by atoms with Gasteiger partial charge in [0.1, 0.15) is 5.82 Å². The Kier molecular flexibility index (Phi) is 4.76. The number of hydrogen-bond donors (Lipinski definition) is 2. The van der Waals surface area contributed by atoms with Crippen molar-refractivity contribution in [1.82, 2.24) is 4.98 Å². The Morgan fingerprint density at radius 1 is 1.56 bits per heavy atom. The highest BCUT2D eigenvalue weighted by molar-refractivity contribution is 5.68. The summed E-state index contributed by atoms with van der Waals surface area (Å²) in [5, 5.41) is 12.0. The number of aromatic nitrogens is 1. The van der Waals surface area contributed by atoms with Crippen molar-refractivity contribution in [3.05, 3.63) is 24.4 Å². The van der Waals surface area contributed by atoms with Gasteiger partial charge in [-0.15, -0.1) is 0 Å². The zero-order valence-corrected chi connectivity index (χ0v) is 9.68. The molecule has 2 N–H and O–H groups in total. The van der Waals surface area contributed by atoms with E-state index < -0.39 is 5.97 Å². The summed E-state index contributed by atoms with van der Waals surface area (Å²) in [6, 6.07) is 5.49. The summed E-state index contributed by atoms with van der Waals surface area (Å²) in [5.41, 5.74) is 0. The maximum atomic E-state index is 10.8. The molecule has 0 radical (unpaired) electrons. The number of carboxylic acid groups (broad SMARTS) is 1. The number of anilines is 1. The molecular weight excluding hydrogens is 204 g/mol. The predicted molar refractivity (Wildman–Crippen MR) is 63.4 cm³/mol. The zero-order chi connectivity index (χ0) is 12.0. The van der Waals surface area contributed by atoms with E-state index >= 15 is 0 Å². The van der Waals surface area contributed by atoms with Crippen LogP contribution in [-0.4, -0.2) is 22.1 Å². The van der Waals surface area contributed by atoms with Crippen LogP contribution in [0.3, 0.4) is 0 Å². The Bertz CT molecular complexity index is 327. The van der Waals surface area contributed by atoms with E-state index in [-0.39, 0.29) is 12.5 Å². The number of pyridine rings is 1.